The van der Waals surface area contributed by atoms with Crippen LogP contribution in [0.2, 0.25) is 0 Å². The lowest BCUT2D eigenvalue weighted by Crippen LogP contribution is -2.14. The van der Waals surface area contributed by atoms with Gasteiger partial charge in [-0.1, -0.05) is 6.92 Å². The van der Waals surface area contributed by atoms with Crippen LogP contribution in [-0.2, 0) is 6.42 Å². The molecule has 0 aliphatic carbocycles. The molecule has 0 amide bonds. The number of benzene rings is 1. The van der Waals surface area contributed by atoms with Gasteiger partial charge >= 0.3 is 0 Å². The molecule has 88 valence electrons. The summed E-state index contributed by atoms with van der Waals surface area (Å²) in [5, 5.41) is 9.83. The van der Waals surface area contributed by atoms with Gasteiger partial charge in [0.1, 0.15) is 16.0 Å². The van der Waals surface area contributed by atoms with Crippen molar-refractivity contribution in [1.29, 1.82) is 0 Å². The van der Waals surface area contributed by atoms with Crippen molar-refractivity contribution >= 4 is 21.7 Å². The molecule has 0 spiro atoms. The topological polar surface area (TPSA) is 72.6 Å². The lowest BCUT2D eigenvalue weighted by atomic mass is 10.0. The van der Waals surface area contributed by atoms with Crippen LogP contribution in [0.25, 0.3) is 0 Å². The fourth-order valence-corrected chi connectivity index (χ4v) is 2.11. The maximum atomic E-state index is 11.5. The third-order valence-corrected chi connectivity index (χ3v) is 3.08. The third-order valence-electron chi connectivity index (χ3n) is 2.34. The van der Waals surface area contributed by atoms with E-state index in [2.05, 4.69) is 15.9 Å². The van der Waals surface area contributed by atoms with E-state index in [0.717, 1.165) is 5.56 Å². The van der Waals surface area contributed by atoms with Gasteiger partial charge in [0, 0.05) is 0 Å². The number of halogens is 1. The Kier molecular flexibility index (Phi) is 4.32. The Morgan fingerprint density at radius 3 is 2.69 bits per heavy atom. The standard InChI is InChI=1S/C11H14BrNO3/c1-3-6-4-7(8(14)5-13)10(15)9(12)11(6)16-2/h4,15H,3,5,13H2,1-2H3. The number of aryl methyl sites for hydroxylation is 1. The molecule has 0 aliphatic rings. The molecule has 0 saturated carbocycles. The van der Waals surface area contributed by atoms with Gasteiger partial charge in [0.15, 0.2) is 5.78 Å². The van der Waals surface area contributed by atoms with Gasteiger partial charge in [-0.15, -0.1) is 0 Å². The van der Waals surface area contributed by atoms with E-state index in [-0.39, 0.29) is 23.6 Å². The predicted octanol–water partition coefficient (Wildman–Crippen LogP) is 1.87. The molecule has 0 atom stereocenters. The fraction of sp³-hybridized carbons (Fsp3) is 0.364. The molecule has 0 saturated heterocycles. The van der Waals surface area contributed by atoms with Crippen molar-refractivity contribution in [2.24, 2.45) is 5.73 Å². The maximum Gasteiger partial charge on any atom is 0.180 e. The normalized spacial score (nSPS) is 10.2. The van der Waals surface area contributed by atoms with E-state index in [0.29, 0.717) is 16.6 Å². The Bertz CT molecular complexity index is 418. The summed E-state index contributed by atoms with van der Waals surface area (Å²) in [5.74, 6) is 0.133. The summed E-state index contributed by atoms with van der Waals surface area (Å²) in [4.78, 5) is 11.5. The summed E-state index contributed by atoms with van der Waals surface area (Å²) >= 11 is 3.21. The molecule has 4 nitrogen and oxygen atoms in total. The number of hydrogen-bond donors (Lipinski definition) is 2. The average Bonchev–Trinajstić information content (AvgIpc) is 2.31. The lowest BCUT2D eigenvalue weighted by Gasteiger charge is -2.13. The Balaban J connectivity index is 3.44. The molecule has 0 heterocycles. The first-order valence-corrected chi connectivity index (χ1v) is 5.67. The molecule has 5 heteroatoms. The van der Waals surface area contributed by atoms with E-state index in [1.807, 2.05) is 6.92 Å². The number of carbonyl (C=O) groups excluding carboxylic acids is 1. The van der Waals surface area contributed by atoms with E-state index in [1.54, 1.807) is 6.07 Å². The molecule has 1 rings (SSSR count). The molecule has 16 heavy (non-hydrogen) atoms. The number of phenolic OH excluding ortho intramolecular Hbond substituents is 1. The number of nitrogens with two attached hydrogens (primary N) is 1. The molecular formula is C11H14BrNO3. The molecular weight excluding hydrogens is 274 g/mol. The second-order valence-electron chi connectivity index (χ2n) is 3.26. The van der Waals surface area contributed by atoms with E-state index in [4.69, 9.17) is 10.5 Å². The third kappa shape index (κ3) is 2.20. The zero-order chi connectivity index (χ0) is 12.3. The van der Waals surface area contributed by atoms with Gasteiger partial charge in [-0.25, -0.2) is 0 Å². The van der Waals surface area contributed by atoms with Gasteiger partial charge in [0.05, 0.1) is 19.2 Å². The highest BCUT2D eigenvalue weighted by Crippen LogP contribution is 2.39. The van der Waals surface area contributed by atoms with Crippen molar-refractivity contribution < 1.29 is 14.6 Å². The Morgan fingerprint density at radius 2 is 2.25 bits per heavy atom. The minimum absolute atomic E-state index is 0.121. The van der Waals surface area contributed by atoms with Crippen molar-refractivity contribution in [3.63, 3.8) is 0 Å². The number of rotatable bonds is 4. The molecule has 0 aromatic heterocycles. The summed E-state index contributed by atoms with van der Waals surface area (Å²) in [5.41, 5.74) is 6.36. The maximum absolute atomic E-state index is 11.5. The fourth-order valence-electron chi connectivity index (χ4n) is 1.48. The van der Waals surface area contributed by atoms with Crippen molar-refractivity contribution in [3.8, 4) is 11.5 Å². The van der Waals surface area contributed by atoms with Crippen LogP contribution < -0.4 is 10.5 Å². The smallest absolute Gasteiger partial charge is 0.180 e. The monoisotopic (exact) mass is 287 g/mol. The summed E-state index contributed by atoms with van der Waals surface area (Å²) in [6.07, 6.45) is 0.701. The van der Waals surface area contributed by atoms with Crippen molar-refractivity contribution in [1.82, 2.24) is 0 Å². The van der Waals surface area contributed by atoms with Crippen LogP contribution in [0, 0.1) is 0 Å². The first-order chi connectivity index (χ1) is 7.56. The molecule has 0 unspecified atom stereocenters. The summed E-state index contributed by atoms with van der Waals surface area (Å²) in [7, 11) is 1.52. The van der Waals surface area contributed by atoms with Crippen LogP contribution in [0.1, 0.15) is 22.8 Å². The second kappa shape index (κ2) is 5.32. The Morgan fingerprint density at radius 1 is 1.62 bits per heavy atom. The van der Waals surface area contributed by atoms with Crippen molar-refractivity contribution in [3.05, 3.63) is 21.7 Å². The zero-order valence-electron chi connectivity index (χ0n) is 9.21. The van der Waals surface area contributed by atoms with Gasteiger partial charge in [0.2, 0.25) is 0 Å². The molecule has 0 aliphatic heterocycles. The molecule has 1 aromatic rings. The number of ether oxygens (including phenoxy) is 1. The first kappa shape index (κ1) is 13.0. The number of hydrogen-bond acceptors (Lipinski definition) is 4. The van der Waals surface area contributed by atoms with Crippen LogP contribution >= 0.6 is 15.9 Å². The van der Waals surface area contributed by atoms with Crippen LogP contribution in [0.15, 0.2) is 10.5 Å². The zero-order valence-corrected chi connectivity index (χ0v) is 10.8. The van der Waals surface area contributed by atoms with Crippen LogP contribution in [0.3, 0.4) is 0 Å². The minimum atomic E-state index is -0.296. The van der Waals surface area contributed by atoms with Gasteiger partial charge in [0.25, 0.3) is 0 Å². The highest BCUT2D eigenvalue weighted by molar-refractivity contribution is 9.10. The van der Waals surface area contributed by atoms with Gasteiger partial charge in [-0.3, -0.25) is 4.79 Å². The Labute approximate surface area is 103 Å². The number of methoxy groups -OCH3 is 1. The second-order valence-corrected chi connectivity index (χ2v) is 4.05. The quantitative estimate of drug-likeness (QED) is 0.830. The number of aromatic hydroxyl groups is 1. The highest BCUT2D eigenvalue weighted by Gasteiger charge is 2.19. The summed E-state index contributed by atoms with van der Waals surface area (Å²) in [6.45, 7) is 1.81. The molecule has 0 bridgehead atoms. The van der Waals surface area contributed by atoms with Crippen molar-refractivity contribution in [2.75, 3.05) is 13.7 Å². The Hall–Kier alpha value is -1.07. The van der Waals surface area contributed by atoms with Crippen LogP contribution in [0.4, 0.5) is 0 Å². The van der Waals surface area contributed by atoms with E-state index in [1.165, 1.54) is 7.11 Å². The van der Waals surface area contributed by atoms with Crippen LogP contribution in [0.5, 0.6) is 11.5 Å². The molecule has 0 fully saturated rings. The first-order valence-electron chi connectivity index (χ1n) is 4.88. The van der Waals surface area contributed by atoms with Crippen LogP contribution in [-0.4, -0.2) is 24.5 Å². The number of Topliss-reactive ketones (excluding diaryl/α,β-unsaturated/α-hetero) is 1. The number of ketones is 1. The number of phenols is 1. The average molecular weight is 288 g/mol. The minimum Gasteiger partial charge on any atom is -0.506 e. The van der Waals surface area contributed by atoms with Gasteiger partial charge in [-0.05, 0) is 34.0 Å². The van der Waals surface area contributed by atoms with Crippen molar-refractivity contribution in [2.45, 2.75) is 13.3 Å². The van der Waals surface area contributed by atoms with E-state index in [9.17, 15) is 9.90 Å². The van der Waals surface area contributed by atoms with Gasteiger partial charge in [-0.2, -0.15) is 0 Å². The molecule has 3 N–H and O–H groups in total. The van der Waals surface area contributed by atoms with Gasteiger partial charge < -0.3 is 15.6 Å². The largest absolute Gasteiger partial charge is 0.506 e. The highest BCUT2D eigenvalue weighted by atomic mass is 79.9. The lowest BCUT2D eigenvalue weighted by molar-refractivity contribution is 0.0998. The summed E-state index contributed by atoms with van der Waals surface area (Å²) < 4.78 is 5.56. The summed E-state index contributed by atoms with van der Waals surface area (Å²) in [6, 6.07) is 1.62. The van der Waals surface area contributed by atoms with E-state index < -0.39 is 0 Å². The molecule has 0 radical (unpaired) electrons. The SMILES string of the molecule is CCc1cc(C(=O)CN)c(O)c(Br)c1OC. The predicted molar refractivity (Wildman–Crippen MR) is 65.1 cm³/mol. The van der Waals surface area contributed by atoms with E-state index >= 15 is 0 Å². The molecule has 1 aromatic carbocycles. The number of carbonyl (C=O) groups is 1.